The summed E-state index contributed by atoms with van der Waals surface area (Å²) >= 11 is 0. The Kier molecular flexibility index (Phi) is 4.92. The molecular weight excluding hydrogens is 262 g/mol. The summed E-state index contributed by atoms with van der Waals surface area (Å²) in [5, 5.41) is 11.8. The molecule has 2 aliphatic carbocycles. The molecule has 1 aliphatic heterocycles. The van der Waals surface area contributed by atoms with Gasteiger partial charge < -0.3 is 15.6 Å². The molecule has 1 saturated heterocycles. The van der Waals surface area contributed by atoms with E-state index in [1.165, 1.54) is 44.9 Å². The maximum absolute atomic E-state index is 11.8. The average Bonchev–Trinajstić information content (AvgIpc) is 2.56. The molecule has 3 fully saturated rings. The Morgan fingerprint density at radius 3 is 2.38 bits per heavy atom. The molecule has 0 spiro atoms. The molecule has 0 aromatic carbocycles. The van der Waals surface area contributed by atoms with Crippen molar-refractivity contribution < 1.29 is 9.84 Å². The van der Waals surface area contributed by atoms with Crippen LogP contribution in [0.2, 0.25) is 0 Å². The van der Waals surface area contributed by atoms with Crippen LogP contribution in [0, 0.1) is 17.3 Å². The van der Waals surface area contributed by atoms with Gasteiger partial charge in [0, 0.05) is 18.6 Å². The van der Waals surface area contributed by atoms with E-state index in [-0.39, 0.29) is 5.41 Å². The van der Waals surface area contributed by atoms with Gasteiger partial charge in [0.15, 0.2) is 0 Å². The van der Waals surface area contributed by atoms with Crippen molar-refractivity contribution in [3.8, 4) is 0 Å². The predicted octanol–water partition coefficient (Wildman–Crippen LogP) is 3.24. The van der Waals surface area contributed by atoms with Gasteiger partial charge >= 0.3 is 0 Å². The van der Waals surface area contributed by atoms with Crippen molar-refractivity contribution in [2.45, 2.75) is 76.2 Å². The van der Waals surface area contributed by atoms with Gasteiger partial charge in [-0.3, -0.25) is 0 Å². The van der Waals surface area contributed by atoms with Gasteiger partial charge in [0.2, 0.25) is 0 Å². The highest BCUT2D eigenvalue weighted by Crippen LogP contribution is 2.53. The Balaban J connectivity index is 1.86. The van der Waals surface area contributed by atoms with E-state index in [9.17, 15) is 5.11 Å². The second-order valence-electron chi connectivity index (χ2n) is 7.82. The van der Waals surface area contributed by atoms with Crippen LogP contribution in [-0.4, -0.2) is 30.5 Å². The number of hydrogen-bond donors (Lipinski definition) is 2. The van der Waals surface area contributed by atoms with Crippen LogP contribution in [0.4, 0.5) is 0 Å². The number of hydrogen-bond acceptors (Lipinski definition) is 3. The van der Waals surface area contributed by atoms with Gasteiger partial charge in [0.1, 0.15) is 0 Å². The van der Waals surface area contributed by atoms with E-state index < -0.39 is 5.60 Å². The molecule has 0 amide bonds. The molecule has 3 unspecified atom stereocenters. The van der Waals surface area contributed by atoms with Gasteiger partial charge in [-0.1, -0.05) is 44.9 Å². The first-order valence-electron chi connectivity index (χ1n) is 9.22. The average molecular weight is 295 g/mol. The third-order valence-corrected chi connectivity index (χ3v) is 6.79. The molecule has 3 aliphatic rings. The highest BCUT2D eigenvalue weighted by atomic mass is 16.5. The maximum Gasteiger partial charge on any atom is 0.0768 e. The summed E-state index contributed by atoms with van der Waals surface area (Å²) in [7, 11) is 0. The number of nitrogens with two attached hydrogens (primary N) is 1. The topological polar surface area (TPSA) is 55.5 Å². The zero-order valence-electron chi connectivity index (χ0n) is 13.5. The lowest BCUT2D eigenvalue weighted by atomic mass is 9.54. The van der Waals surface area contributed by atoms with Crippen LogP contribution in [0.15, 0.2) is 0 Å². The normalized spacial score (nSPS) is 42.9. The summed E-state index contributed by atoms with van der Waals surface area (Å²) in [4.78, 5) is 0. The van der Waals surface area contributed by atoms with Gasteiger partial charge in [-0.2, -0.15) is 0 Å². The fourth-order valence-electron chi connectivity index (χ4n) is 5.54. The minimum absolute atomic E-state index is 0.187. The van der Waals surface area contributed by atoms with Crippen LogP contribution in [-0.2, 0) is 4.74 Å². The monoisotopic (exact) mass is 295 g/mol. The largest absolute Gasteiger partial charge is 0.389 e. The summed E-state index contributed by atoms with van der Waals surface area (Å²) < 4.78 is 5.79. The van der Waals surface area contributed by atoms with Crippen molar-refractivity contribution in [1.29, 1.82) is 0 Å². The maximum atomic E-state index is 11.8. The van der Waals surface area contributed by atoms with Crippen LogP contribution in [0.25, 0.3) is 0 Å². The van der Waals surface area contributed by atoms with Crippen LogP contribution >= 0.6 is 0 Å². The van der Waals surface area contributed by atoms with E-state index >= 15 is 0 Å². The molecule has 122 valence electrons. The minimum atomic E-state index is -0.581. The van der Waals surface area contributed by atoms with Crippen molar-refractivity contribution in [2.75, 3.05) is 19.8 Å². The summed E-state index contributed by atoms with van der Waals surface area (Å²) in [5.74, 6) is 1.17. The molecule has 3 nitrogen and oxygen atoms in total. The standard InChI is InChI=1S/C18H33NO2/c19-13-17(10-6-12-21-14-17)18(20)11-5-4-9-16(18)15-7-2-1-3-8-15/h15-16,20H,1-14,19H2. The van der Waals surface area contributed by atoms with E-state index in [0.29, 0.717) is 19.1 Å². The van der Waals surface area contributed by atoms with Gasteiger partial charge in [-0.05, 0) is 37.5 Å². The first-order chi connectivity index (χ1) is 10.2. The van der Waals surface area contributed by atoms with Crippen LogP contribution in [0.3, 0.4) is 0 Å². The second kappa shape index (κ2) is 6.55. The number of aliphatic hydroxyl groups is 1. The Labute approximate surface area is 129 Å². The molecule has 1 heterocycles. The molecule has 0 bridgehead atoms. The molecule has 3 N–H and O–H groups in total. The fraction of sp³-hybridized carbons (Fsp3) is 1.00. The highest BCUT2D eigenvalue weighted by Gasteiger charge is 2.56. The van der Waals surface area contributed by atoms with Crippen LogP contribution < -0.4 is 5.73 Å². The Morgan fingerprint density at radius 1 is 0.952 bits per heavy atom. The molecule has 3 heteroatoms. The lowest BCUT2D eigenvalue weighted by molar-refractivity contribution is -0.199. The molecule has 2 saturated carbocycles. The third-order valence-electron chi connectivity index (χ3n) is 6.79. The fourth-order valence-corrected chi connectivity index (χ4v) is 5.54. The summed E-state index contributed by atoms with van der Waals surface area (Å²) in [6.45, 7) is 2.09. The van der Waals surface area contributed by atoms with Crippen molar-refractivity contribution in [2.24, 2.45) is 23.0 Å². The van der Waals surface area contributed by atoms with E-state index in [1.54, 1.807) is 0 Å². The molecule has 3 rings (SSSR count). The van der Waals surface area contributed by atoms with E-state index in [4.69, 9.17) is 10.5 Å². The van der Waals surface area contributed by atoms with Crippen LogP contribution in [0.1, 0.15) is 70.6 Å². The molecule has 0 aromatic heterocycles. The molecular formula is C18H33NO2. The zero-order chi connectivity index (χ0) is 14.8. The summed E-state index contributed by atoms with van der Waals surface area (Å²) in [6.07, 6.45) is 13.4. The van der Waals surface area contributed by atoms with Gasteiger partial charge in [0.25, 0.3) is 0 Å². The molecule has 0 aromatic rings. The van der Waals surface area contributed by atoms with Crippen molar-refractivity contribution in [3.05, 3.63) is 0 Å². The molecule has 3 atom stereocenters. The van der Waals surface area contributed by atoms with Crippen LogP contribution in [0.5, 0.6) is 0 Å². The molecule has 21 heavy (non-hydrogen) atoms. The van der Waals surface area contributed by atoms with E-state index in [0.717, 1.165) is 38.2 Å². The minimum Gasteiger partial charge on any atom is -0.389 e. The Bertz CT molecular complexity index is 334. The number of ether oxygens (including phenoxy) is 1. The van der Waals surface area contributed by atoms with Crippen molar-refractivity contribution >= 4 is 0 Å². The zero-order valence-corrected chi connectivity index (χ0v) is 13.5. The quantitative estimate of drug-likeness (QED) is 0.840. The highest BCUT2D eigenvalue weighted by molar-refractivity contribution is 5.07. The van der Waals surface area contributed by atoms with Crippen molar-refractivity contribution in [1.82, 2.24) is 0 Å². The second-order valence-corrected chi connectivity index (χ2v) is 7.82. The first-order valence-corrected chi connectivity index (χ1v) is 9.22. The van der Waals surface area contributed by atoms with Gasteiger partial charge in [-0.25, -0.2) is 0 Å². The number of rotatable bonds is 3. The first kappa shape index (κ1) is 15.8. The van der Waals surface area contributed by atoms with Gasteiger partial charge in [-0.15, -0.1) is 0 Å². The van der Waals surface area contributed by atoms with Gasteiger partial charge in [0.05, 0.1) is 12.2 Å². The lowest BCUT2D eigenvalue weighted by Crippen LogP contribution is -2.62. The smallest absolute Gasteiger partial charge is 0.0768 e. The Morgan fingerprint density at radius 2 is 1.71 bits per heavy atom. The lowest BCUT2D eigenvalue weighted by Gasteiger charge is -2.56. The van der Waals surface area contributed by atoms with E-state index in [2.05, 4.69) is 0 Å². The predicted molar refractivity (Wildman–Crippen MR) is 85.0 cm³/mol. The summed E-state index contributed by atoms with van der Waals surface area (Å²) in [5.41, 5.74) is 5.44. The SMILES string of the molecule is NCC1(C2(O)CCCCC2C2CCCCC2)CCCOC1. The molecule has 0 radical (unpaired) electrons. The Hall–Kier alpha value is -0.120. The van der Waals surface area contributed by atoms with Crippen molar-refractivity contribution in [3.63, 3.8) is 0 Å². The summed E-state index contributed by atoms with van der Waals surface area (Å²) in [6, 6.07) is 0. The third kappa shape index (κ3) is 2.77. The van der Waals surface area contributed by atoms with E-state index in [1.807, 2.05) is 0 Å².